The number of rotatable bonds is 3. The van der Waals surface area contributed by atoms with Gasteiger partial charge in [-0.1, -0.05) is 30.2 Å². The zero-order chi connectivity index (χ0) is 12.8. The third-order valence-corrected chi connectivity index (χ3v) is 2.37. The van der Waals surface area contributed by atoms with Crippen LogP contribution >= 0.6 is 0 Å². The van der Waals surface area contributed by atoms with Crippen LogP contribution in [0.1, 0.15) is 11.1 Å². The van der Waals surface area contributed by atoms with Crippen molar-refractivity contribution in [3.05, 3.63) is 65.5 Å². The summed E-state index contributed by atoms with van der Waals surface area (Å²) in [5, 5.41) is 3.97. The first-order valence-corrected chi connectivity index (χ1v) is 5.40. The molecule has 0 amide bonds. The Morgan fingerprint density at radius 3 is 2.61 bits per heavy atom. The molecular weight excluding hydrogens is 227 g/mol. The first-order chi connectivity index (χ1) is 8.81. The van der Waals surface area contributed by atoms with Crippen molar-refractivity contribution in [1.82, 2.24) is 0 Å². The molecule has 1 N–H and O–H groups in total. The van der Waals surface area contributed by atoms with Crippen molar-refractivity contribution in [1.29, 1.82) is 0 Å². The van der Waals surface area contributed by atoms with E-state index >= 15 is 0 Å². The summed E-state index contributed by atoms with van der Waals surface area (Å²) in [7, 11) is 0. The largest absolute Gasteiger partial charge is 0.279 e. The van der Waals surface area contributed by atoms with Crippen LogP contribution in [0.15, 0.2) is 53.6 Å². The molecule has 0 atom stereocenters. The van der Waals surface area contributed by atoms with Crippen molar-refractivity contribution in [2.45, 2.75) is 0 Å². The minimum atomic E-state index is -0.385. The van der Waals surface area contributed by atoms with Crippen LogP contribution in [0.3, 0.4) is 0 Å². The number of nitrogens with zero attached hydrogens (tertiary/aromatic N) is 1. The molecule has 0 aliphatic rings. The Bertz CT molecular complexity index is 598. The van der Waals surface area contributed by atoms with E-state index in [4.69, 9.17) is 6.42 Å². The van der Waals surface area contributed by atoms with E-state index in [0.717, 1.165) is 5.69 Å². The SMILES string of the molecule is C#Cc1cccc(F)c1C=NNc1ccccc1. The van der Waals surface area contributed by atoms with E-state index in [0.29, 0.717) is 11.1 Å². The fourth-order valence-electron chi connectivity index (χ4n) is 1.48. The summed E-state index contributed by atoms with van der Waals surface area (Å²) in [4.78, 5) is 0. The summed E-state index contributed by atoms with van der Waals surface area (Å²) in [5.41, 5.74) is 4.42. The van der Waals surface area contributed by atoms with E-state index in [1.54, 1.807) is 12.1 Å². The van der Waals surface area contributed by atoms with Crippen LogP contribution in [0.25, 0.3) is 0 Å². The van der Waals surface area contributed by atoms with Crippen LogP contribution in [0.5, 0.6) is 0 Å². The van der Waals surface area contributed by atoms with Crippen molar-refractivity contribution in [3.8, 4) is 12.3 Å². The lowest BCUT2D eigenvalue weighted by molar-refractivity contribution is 0.625. The third-order valence-electron chi connectivity index (χ3n) is 2.37. The molecular formula is C15H11FN2. The van der Waals surface area contributed by atoms with Gasteiger partial charge in [-0.3, -0.25) is 5.43 Å². The second-order valence-corrected chi connectivity index (χ2v) is 3.58. The molecule has 0 aromatic heterocycles. The van der Waals surface area contributed by atoms with Crippen LogP contribution < -0.4 is 5.43 Å². The summed E-state index contributed by atoms with van der Waals surface area (Å²) < 4.78 is 13.5. The van der Waals surface area contributed by atoms with Crippen LogP contribution in [0, 0.1) is 18.2 Å². The molecule has 0 bridgehead atoms. The molecule has 88 valence electrons. The molecule has 0 aliphatic heterocycles. The maximum absolute atomic E-state index is 13.5. The number of terminal acetylenes is 1. The smallest absolute Gasteiger partial charge is 0.133 e. The molecule has 0 saturated carbocycles. The zero-order valence-corrected chi connectivity index (χ0v) is 9.60. The number of benzene rings is 2. The lowest BCUT2D eigenvalue weighted by Gasteiger charge is -2.01. The topological polar surface area (TPSA) is 24.4 Å². The van der Waals surface area contributed by atoms with Gasteiger partial charge in [-0.05, 0) is 24.3 Å². The second kappa shape index (κ2) is 5.65. The highest BCUT2D eigenvalue weighted by Gasteiger charge is 2.03. The summed E-state index contributed by atoms with van der Waals surface area (Å²) in [5.74, 6) is 2.04. The van der Waals surface area contributed by atoms with Crippen LogP contribution in [-0.4, -0.2) is 6.21 Å². The van der Waals surface area contributed by atoms with E-state index in [2.05, 4.69) is 16.4 Å². The molecule has 3 heteroatoms. The van der Waals surface area contributed by atoms with Crippen LogP contribution in [-0.2, 0) is 0 Å². The van der Waals surface area contributed by atoms with Gasteiger partial charge in [0.1, 0.15) is 5.82 Å². The first kappa shape index (κ1) is 11.9. The summed E-state index contributed by atoms with van der Waals surface area (Å²) in [6.45, 7) is 0. The number of hydrogen-bond donors (Lipinski definition) is 1. The monoisotopic (exact) mass is 238 g/mol. The van der Waals surface area contributed by atoms with Crippen LogP contribution in [0.2, 0.25) is 0 Å². The number of para-hydroxylation sites is 1. The normalized spacial score (nSPS) is 10.2. The van der Waals surface area contributed by atoms with Gasteiger partial charge in [0, 0.05) is 11.1 Å². The Labute approximate surface area is 105 Å². The van der Waals surface area contributed by atoms with E-state index in [9.17, 15) is 4.39 Å². The minimum Gasteiger partial charge on any atom is -0.279 e. The van der Waals surface area contributed by atoms with Crippen LogP contribution in [0.4, 0.5) is 10.1 Å². The predicted molar refractivity (Wildman–Crippen MR) is 72.0 cm³/mol. The maximum atomic E-state index is 13.5. The Balaban J connectivity index is 2.18. The van der Waals surface area contributed by atoms with E-state index < -0.39 is 0 Å². The Morgan fingerprint density at radius 1 is 1.11 bits per heavy atom. The molecule has 2 rings (SSSR count). The molecule has 0 radical (unpaired) electrons. The van der Waals surface area contributed by atoms with E-state index in [-0.39, 0.29) is 5.82 Å². The Hall–Kier alpha value is -2.60. The average molecular weight is 238 g/mol. The zero-order valence-electron chi connectivity index (χ0n) is 9.60. The molecule has 0 unspecified atom stereocenters. The Kier molecular flexibility index (Phi) is 3.72. The molecule has 18 heavy (non-hydrogen) atoms. The standard InChI is InChI=1S/C15H11FN2/c1-2-12-7-6-10-15(16)14(12)11-17-18-13-8-4-3-5-9-13/h1,3-11,18H. The molecule has 0 spiro atoms. The van der Waals surface area contributed by atoms with Gasteiger partial charge in [0.25, 0.3) is 0 Å². The first-order valence-electron chi connectivity index (χ1n) is 5.40. The quantitative estimate of drug-likeness (QED) is 0.495. The molecule has 0 saturated heterocycles. The fraction of sp³-hybridized carbons (Fsp3) is 0. The molecule has 0 heterocycles. The molecule has 0 fully saturated rings. The van der Waals surface area contributed by atoms with Gasteiger partial charge in [-0.2, -0.15) is 5.10 Å². The van der Waals surface area contributed by atoms with E-state index in [1.807, 2.05) is 30.3 Å². The Morgan fingerprint density at radius 2 is 1.89 bits per heavy atom. The van der Waals surface area contributed by atoms with Gasteiger partial charge >= 0.3 is 0 Å². The summed E-state index contributed by atoms with van der Waals surface area (Å²) in [6.07, 6.45) is 6.69. The number of hydrazone groups is 1. The van der Waals surface area contributed by atoms with Crippen molar-refractivity contribution in [2.24, 2.45) is 5.10 Å². The van der Waals surface area contributed by atoms with Gasteiger partial charge in [0.15, 0.2) is 0 Å². The molecule has 2 aromatic rings. The fourth-order valence-corrected chi connectivity index (χ4v) is 1.48. The van der Waals surface area contributed by atoms with Gasteiger partial charge in [-0.15, -0.1) is 6.42 Å². The number of nitrogens with one attached hydrogen (secondary N) is 1. The summed E-state index contributed by atoms with van der Waals surface area (Å²) >= 11 is 0. The average Bonchev–Trinajstić information content (AvgIpc) is 2.41. The van der Waals surface area contributed by atoms with Gasteiger partial charge < -0.3 is 0 Å². The highest BCUT2D eigenvalue weighted by molar-refractivity contribution is 5.84. The highest BCUT2D eigenvalue weighted by Crippen LogP contribution is 2.10. The highest BCUT2D eigenvalue weighted by atomic mass is 19.1. The van der Waals surface area contributed by atoms with Gasteiger partial charge in [0.2, 0.25) is 0 Å². The van der Waals surface area contributed by atoms with Crippen molar-refractivity contribution >= 4 is 11.9 Å². The molecule has 2 aromatic carbocycles. The lowest BCUT2D eigenvalue weighted by atomic mass is 10.1. The van der Waals surface area contributed by atoms with Crippen molar-refractivity contribution < 1.29 is 4.39 Å². The number of anilines is 1. The van der Waals surface area contributed by atoms with Gasteiger partial charge in [-0.25, -0.2) is 4.39 Å². The molecule has 0 aliphatic carbocycles. The molecule has 2 nitrogen and oxygen atoms in total. The maximum Gasteiger partial charge on any atom is 0.133 e. The summed E-state index contributed by atoms with van der Waals surface area (Å²) in [6, 6.07) is 14.0. The predicted octanol–water partition coefficient (Wildman–Crippen LogP) is 3.25. The number of halogens is 1. The lowest BCUT2D eigenvalue weighted by Crippen LogP contribution is -1.96. The van der Waals surface area contributed by atoms with Gasteiger partial charge in [0.05, 0.1) is 11.9 Å². The minimum absolute atomic E-state index is 0.309. The van der Waals surface area contributed by atoms with E-state index in [1.165, 1.54) is 12.3 Å². The second-order valence-electron chi connectivity index (χ2n) is 3.58. The number of hydrogen-bond acceptors (Lipinski definition) is 2. The van der Waals surface area contributed by atoms with Crippen molar-refractivity contribution in [2.75, 3.05) is 5.43 Å². The van der Waals surface area contributed by atoms with Crippen molar-refractivity contribution in [3.63, 3.8) is 0 Å². The third kappa shape index (κ3) is 2.74.